The predicted molar refractivity (Wildman–Crippen MR) is 146 cm³/mol. The third kappa shape index (κ3) is 5.43. The van der Waals surface area contributed by atoms with Gasteiger partial charge >= 0.3 is 0 Å². The van der Waals surface area contributed by atoms with Crippen molar-refractivity contribution in [1.29, 1.82) is 0 Å². The number of nitrogens with zero attached hydrogens (tertiary/aromatic N) is 1. The molecule has 0 amide bonds. The van der Waals surface area contributed by atoms with E-state index >= 15 is 0 Å². The van der Waals surface area contributed by atoms with Crippen molar-refractivity contribution in [1.82, 2.24) is 0 Å². The van der Waals surface area contributed by atoms with Crippen LogP contribution in [-0.4, -0.2) is 0 Å². The molecule has 0 unspecified atom stereocenters. The third-order valence-corrected chi connectivity index (χ3v) is 6.43. The highest BCUT2D eigenvalue weighted by atomic mass is 15.1. The molecule has 0 radical (unpaired) electrons. The zero-order chi connectivity index (χ0) is 24.8. The fourth-order valence-electron chi connectivity index (χ4n) is 4.38. The molecule has 3 rings (SSSR count). The van der Waals surface area contributed by atoms with Crippen molar-refractivity contribution in [2.45, 2.75) is 85.5 Å². The van der Waals surface area contributed by atoms with Gasteiger partial charge in [0.2, 0.25) is 0 Å². The topological polar surface area (TPSA) is 29.3 Å². The molecule has 0 fully saturated rings. The number of anilines is 4. The summed E-state index contributed by atoms with van der Waals surface area (Å²) < 4.78 is 0. The molecule has 33 heavy (non-hydrogen) atoms. The summed E-state index contributed by atoms with van der Waals surface area (Å²) in [5, 5.41) is 0. The summed E-state index contributed by atoms with van der Waals surface area (Å²) in [6.07, 6.45) is 0. The van der Waals surface area contributed by atoms with E-state index in [1.54, 1.807) is 0 Å². The van der Waals surface area contributed by atoms with Gasteiger partial charge in [0, 0.05) is 17.1 Å². The molecule has 0 aliphatic heterocycles. The molecule has 0 saturated heterocycles. The van der Waals surface area contributed by atoms with E-state index in [2.05, 4.69) is 135 Å². The van der Waals surface area contributed by atoms with Crippen LogP contribution in [0.25, 0.3) is 0 Å². The molecule has 0 aliphatic carbocycles. The van der Waals surface area contributed by atoms with Gasteiger partial charge in [-0.2, -0.15) is 0 Å². The SMILES string of the molecule is Cc1c(N(c2ccc(C(C)(C)C)cc2)c2ccc(C(C)(C)C)cc2)cc(N)cc1C(C)(C)C. The van der Waals surface area contributed by atoms with Gasteiger partial charge in [0.1, 0.15) is 0 Å². The number of hydrogen-bond acceptors (Lipinski definition) is 2. The van der Waals surface area contributed by atoms with Crippen LogP contribution in [0.1, 0.15) is 84.6 Å². The maximum atomic E-state index is 6.45. The predicted octanol–water partition coefficient (Wildman–Crippen LogP) is 8.94. The Kier molecular flexibility index (Phi) is 6.45. The van der Waals surface area contributed by atoms with Crippen LogP contribution >= 0.6 is 0 Å². The van der Waals surface area contributed by atoms with Crippen molar-refractivity contribution in [3.05, 3.63) is 82.9 Å². The Balaban J connectivity index is 2.24. The Morgan fingerprint density at radius 3 is 1.30 bits per heavy atom. The molecular formula is C31H42N2. The van der Waals surface area contributed by atoms with Gasteiger partial charge in [-0.3, -0.25) is 0 Å². The highest BCUT2D eigenvalue weighted by Gasteiger charge is 2.24. The Hall–Kier alpha value is -2.74. The second-order valence-corrected chi connectivity index (χ2v) is 12.4. The third-order valence-electron chi connectivity index (χ3n) is 6.43. The Morgan fingerprint density at radius 2 is 0.970 bits per heavy atom. The second-order valence-electron chi connectivity index (χ2n) is 12.4. The van der Waals surface area contributed by atoms with Crippen LogP contribution in [0.3, 0.4) is 0 Å². The molecular weight excluding hydrogens is 400 g/mol. The summed E-state index contributed by atoms with van der Waals surface area (Å²) in [7, 11) is 0. The van der Waals surface area contributed by atoms with Gasteiger partial charge in [-0.25, -0.2) is 0 Å². The van der Waals surface area contributed by atoms with E-state index < -0.39 is 0 Å². The molecule has 176 valence electrons. The van der Waals surface area contributed by atoms with Crippen molar-refractivity contribution >= 4 is 22.7 Å². The molecule has 3 aromatic carbocycles. The van der Waals surface area contributed by atoms with Crippen LogP contribution in [0.15, 0.2) is 60.7 Å². The van der Waals surface area contributed by atoms with Crippen molar-refractivity contribution in [3.63, 3.8) is 0 Å². The van der Waals surface area contributed by atoms with Crippen molar-refractivity contribution in [2.75, 3.05) is 10.6 Å². The molecule has 0 aromatic heterocycles. The van der Waals surface area contributed by atoms with Gasteiger partial charge in [0.15, 0.2) is 0 Å². The smallest absolute Gasteiger partial charge is 0.0514 e. The molecule has 0 saturated carbocycles. The van der Waals surface area contributed by atoms with Gasteiger partial charge in [0.25, 0.3) is 0 Å². The van der Waals surface area contributed by atoms with E-state index in [9.17, 15) is 0 Å². The van der Waals surface area contributed by atoms with E-state index in [0.717, 1.165) is 22.7 Å². The lowest BCUT2D eigenvalue weighted by molar-refractivity contribution is 0.586. The fraction of sp³-hybridized carbons (Fsp3) is 0.419. The summed E-state index contributed by atoms with van der Waals surface area (Å²) in [6, 6.07) is 22.2. The minimum absolute atomic E-state index is 0.00602. The fourth-order valence-corrected chi connectivity index (χ4v) is 4.38. The first-order chi connectivity index (χ1) is 15.1. The van der Waals surface area contributed by atoms with Gasteiger partial charge in [-0.15, -0.1) is 0 Å². The molecule has 2 nitrogen and oxygen atoms in total. The number of benzene rings is 3. The van der Waals surface area contributed by atoms with E-state index in [1.165, 1.54) is 22.3 Å². The lowest BCUT2D eigenvalue weighted by Crippen LogP contribution is -2.19. The van der Waals surface area contributed by atoms with E-state index in [0.29, 0.717) is 0 Å². The Bertz CT molecular complexity index is 1040. The molecule has 0 bridgehead atoms. The van der Waals surface area contributed by atoms with Crippen molar-refractivity contribution in [2.24, 2.45) is 0 Å². The molecule has 2 N–H and O–H groups in total. The summed E-state index contributed by atoms with van der Waals surface area (Å²) in [6.45, 7) is 22.5. The maximum absolute atomic E-state index is 6.45. The Labute approximate surface area is 201 Å². The first kappa shape index (κ1) is 24.9. The van der Waals surface area contributed by atoms with Crippen LogP contribution in [-0.2, 0) is 16.2 Å². The number of nitrogens with two attached hydrogens (primary N) is 1. The summed E-state index contributed by atoms with van der Waals surface area (Å²) in [4.78, 5) is 2.35. The van der Waals surface area contributed by atoms with E-state index in [1.807, 2.05) is 0 Å². The monoisotopic (exact) mass is 442 g/mol. The standard InChI is InChI=1S/C31H42N2/c1-21-27(31(8,9)10)19-24(32)20-28(21)33(25-15-11-22(12-16-25)29(2,3)4)26-17-13-23(14-18-26)30(5,6)7/h11-20H,32H2,1-10H3. The normalized spacial score (nSPS) is 12.7. The lowest BCUT2D eigenvalue weighted by Gasteiger charge is -2.32. The average Bonchev–Trinajstić information content (AvgIpc) is 2.69. The minimum Gasteiger partial charge on any atom is -0.399 e. The number of hydrogen-bond donors (Lipinski definition) is 1. The van der Waals surface area contributed by atoms with E-state index in [4.69, 9.17) is 5.73 Å². The molecule has 0 aliphatic rings. The van der Waals surface area contributed by atoms with Crippen LogP contribution in [0.4, 0.5) is 22.7 Å². The highest BCUT2D eigenvalue weighted by Crippen LogP contribution is 2.42. The van der Waals surface area contributed by atoms with Gasteiger partial charge < -0.3 is 10.6 Å². The largest absolute Gasteiger partial charge is 0.399 e. The quantitative estimate of drug-likeness (QED) is 0.410. The zero-order valence-corrected chi connectivity index (χ0v) is 22.3. The molecule has 2 heteroatoms. The first-order valence-corrected chi connectivity index (χ1v) is 12.0. The highest BCUT2D eigenvalue weighted by molar-refractivity contribution is 5.81. The molecule has 0 heterocycles. The van der Waals surface area contributed by atoms with Gasteiger partial charge in [-0.1, -0.05) is 86.6 Å². The maximum Gasteiger partial charge on any atom is 0.0514 e. The van der Waals surface area contributed by atoms with Crippen LogP contribution in [0.2, 0.25) is 0 Å². The van der Waals surface area contributed by atoms with Gasteiger partial charge in [-0.05, 0) is 81.8 Å². The molecule has 0 atom stereocenters. The summed E-state index contributed by atoms with van der Waals surface area (Å²) in [5.74, 6) is 0. The van der Waals surface area contributed by atoms with Crippen LogP contribution in [0, 0.1) is 6.92 Å². The first-order valence-electron chi connectivity index (χ1n) is 12.0. The van der Waals surface area contributed by atoms with Gasteiger partial charge in [0.05, 0.1) is 5.69 Å². The zero-order valence-electron chi connectivity index (χ0n) is 22.3. The minimum atomic E-state index is 0.00602. The second kappa shape index (κ2) is 8.56. The summed E-state index contributed by atoms with van der Waals surface area (Å²) in [5.41, 5.74) is 16.1. The van der Waals surface area contributed by atoms with Crippen molar-refractivity contribution < 1.29 is 0 Å². The van der Waals surface area contributed by atoms with Crippen LogP contribution in [0.5, 0.6) is 0 Å². The number of nitrogen functional groups attached to an aromatic ring is 1. The molecule has 3 aromatic rings. The molecule has 0 spiro atoms. The van der Waals surface area contributed by atoms with E-state index in [-0.39, 0.29) is 16.2 Å². The van der Waals surface area contributed by atoms with Crippen molar-refractivity contribution in [3.8, 4) is 0 Å². The lowest BCUT2D eigenvalue weighted by atomic mass is 9.83. The Morgan fingerprint density at radius 1 is 0.576 bits per heavy atom. The number of rotatable bonds is 3. The summed E-state index contributed by atoms with van der Waals surface area (Å²) >= 11 is 0. The average molecular weight is 443 g/mol. The van der Waals surface area contributed by atoms with Crippen LogP contribution < -0.4 is 10.6 Å².